The summed E-state index contributed by atoms with van der Waals surface area (Å²) in [6, 6.07) is 15.7. The maximum Gasteiger partial charge on any atom is 0.216 e. The van der Waals surface area contributed by atoms with Gasteiger partial charge in [-0.2, -0.15) is 0 Å². The molecule has 3 rings (SSSR count). The van der Waals surface area contributed by atoms with Gasteiger partial charge in [-0.05, 0) is 36.6 Å². The summed E-state index contributed by atoms with van der Waals surface area (Å²) >= 11 is 0. The molecule has 0 saturated carbocycles. The van der Waals surface area contributed by atoms with Crippen molar-refractivity contribution in [3.8, 4) is 11.3 Å². The van der Waals surface area contributed by atoms with Crippen LogP contribution in [0.4, 0.5) is 0 Å². The second kappa shape index (κ2) is 5.54. The van der Waals surface area contributed by atoms with Crippen LogP contribution in [0.2, 0.25) is 0 Å². The third kappa shape index (κ3) is 2.73. The molecule has 1 unspecified atom stereocenters. The minimum absolute atomic E-state index is 0.341. The number of nitrogens with two attached hydrogens (primary N) is 1. The fourth-order valence-electron chi connectivity index (χ4n) is 2.26. The predicted molar refractivity (Wildman–Crippen MR) is 83.9 cm³/mol. The van der Waals surface area contributed by atoms with E-state index in [2.05, 4.69) is 31.0 Å². The summed E-state index contributed by atoms with van der Waals surface area (Å²) in [5.74, 6) is 1.29. The first-order valence-electron chi connectivity index (χ1n) is 6.99. The highest BCUT2D eigenvalue weighted by molar-refractivity contribution is 5.58. The maximum absolute atomic E-state index is 6.21. The molecule has 1 atom stereocenters. The number of aromatic nitrogens is 1. The molecule has 3 heteroatoms. The molecule has 2 aromatic carbocycles. The zero-order valence-electron chi connectivity index (χ0n) is 12.2. The Kier molecular flexibility index (Phi) is 3.59. The van der Waals surface area contributed by atoms with Crippen LogP contribution < -0.4 is 5.73 Å². The van der Waals surface area contributed by atoms with Crippen molar-refractivity contribution in [1.29, 1.82) is 0 Å². The van der Waals surface area contributed by atoms with E-state index in [0.717, 1.165) is 16.9 Å². The zero-order chi connectivity index (χ0) is 14.8. The van der Waals surface area contributed by atoms with E-state index in [4.69, 9.17) is 10.2 Å². The molecule has 0 aliphatic rings. The van der Waals surface area contributed by atoms with Gasteiger partial charge in [0.1, 0.15) is 6.04 Å². The highest BCUT2D eigenvalue weighted by atomic mass is 16.4. The second-order valence-corrected chi connectivity index (χ2v) is 5.25. The number of benzene rings is 2. The smallest absolute Gasteiger partial charge is 0.216 e. The predicted octanol–water partition coefficient (Wildman–Crippen LogP) is 4.01. The van der Waals surface area contributed by atoms with Crippen LogP contribution in [0.5, 0.6) is 0 Å². The van der Waals surface area contributed by atoms with Gasteiger partial charge >= 0.3 is 0 Å². The molecule has 0 aliphatic heterocycles. The van der Waals surface area contributed by atoms with Gasteiger partial charge in [-0.1, -0.05) is 42.5 Å². The highest BCUT2D eigenvalue weighted by Gasteiger charge is 2.15. The molecule has 0 fully saturated rings. The summed E-state index contributed by atoms with van der Waals surface area (Å²) in [7, 11) is 0. The number of hydrogen-bond acceptors (Lipinski definition) is 3. The summed E-state index contributed by atoms with van der Waals surface area (Å²) in [4.78, 5) is 4.33. The Morgan fingerprint density at radius 2 is 1.76 bits per heavy atom. The summed E-state index contributed by atoms with van der Waals surface area (Å²) in [6.45, 7) is 4.18. The van der Waals surface area contributed by atoms with Crippen LogP contribution >= 0.6 is 0 Å². The van der Waals surface area contributed by atoms with Crippen LogP contribution in [0.15, 0.2) is 59.1 Å². The molecule has 21 heavy (non-hydrogen) atoms. The molecular weight excluding hydrogens is 260 g/mol. The van der Waals surface area contributed by atoms with E-state index in [-0.39, 0.29) is 6.04 Å². The van der Waals surface area contributed by atoms with Gasteiger partial charge in [-0.15, -0.1) is 0 Å². The summed E-state index contributed by atoms with van der Waals surface area (Å²) in [6.07, 6.45) is 1.74. The van der Waals surface area contributed by atoms with Crippen LogP contribution in [0.25, 0.3) is 11.3 Å². The molecule has 1 heterocycles. The monoisotopic (exact) mass is 278 g/mol. The lowest BCUT2D eigenvalue weighted by Gasteiger charge is -2.07. The molecule has 0 radical (unpaired) electrons. The Bertz CT molecular complexity index is 747. The lowest BCUT2D eigenvalue weighted by Crippen LogP contribution is -2.11. The Morgan fingerprint density at radius 3 is 2.48 bits per heavy atom. The lowest BCUT2D eigenvalue weighted by molar-refractivity contribution is 0.484. The SMILES string of the molecule is Cc1ccc(-c2cnc(C(N)c3ccccc3)o2)cc1C. The summed E-state index contributed by atoms with van der Waals surface area (Å²) in [5, 5.41) is 0. The van der Waals surface area contributed by atoms with Crippen molar-refractivity contribution >= 4 is 0 Å². The Morgan fingerprint density at radius 1 is 1.00 bits per heavy atom. The van der Waals surface area contributed by atoms with E-state index < -0.39 is 0 Å². The number of nitrogens with zero attached hydrogens (tertiary/aromatic N) is 1. The fraction of sp³-hybridized carbons (Fsp3) is 0.167. The standard InChI is InChI=1S/C18H18N2O/c1-12-8-9-15(10-13(12)2)16-11-20-18(21-16)17(19)14-6-4-3-5-7-14/h3-11,17H,19H2,1-2H3. The highest BCUT2D eigenvalue weighted by Crippen LogP contribution is 2.26. The number of hydrogen-bond donors (Lipinski definition) is 1. The van der Waals surface area contributed by atoms with Crippen molar-refractivity contribution in [2.24, 2.45) is 5.73 Å². The molecule has 1 aromatic heterocycles. The van der Waals surface area contributed by atoms with Gasteiger partial charge in [0.25, 0.3) is 0 Å². The van der Waals surface area contributed by atoms with Crippen LogP contribution in [0, 0.1) is 13.8 Å². The van der Waals surface area contributed by atoms with Gasteiger partial charge in [-0.3, -0.25) is 0 Å². The molecule has 0 amide bonds. The first kappa shape index (κ1) is 13.6. The lowest BCUT2D eigenvalue weighted by atomic mass is 10.1. The quantitative estimate of drug-likeness (QED) is 0.787. The van der Waals surface area contributed by atoms with Crippen LogP contribution in [-0.2, 0) is 0 Å². The molecule has 0 bridgehead atoms. The van der Waals surface area contributed by atoms with Crippen molar-refractivity contribution in [1.82, 2.24) is 4.98 Å². The van der Waals surface area contributed by atoms with Crippen molar-refractivity contribution in [2.75, 3.05) is 0 Å². The minimum atomic E-state index is -0.341. The number of oxazole rings is 1. The zero-order valence-corrected chi connectivity index (χ0v) is 12.2. The first-order valence-corrected chi connectivity index (χ1v) is 6.99. The van der Waals surface area contributed by atoms with Gasteiger partial charge in [-0.25, -0.2) is 4.98 Å². The summed E-state index contributed by atoms with van der Waals surface area (Å²) in [5.41, 5.74) is 10.7. The largest absolute Gasteiger partial charge is 0.439 e. The molecule has 3 nitrogen and oxygen atoms in total. The Hall–Kier alpha value is -2.39. The number of rotatable bonds is 3. The maximum atomic E-state index is 6.21. The van der Waals surface area contributed by atoms with Crippen molar-refractivity contribution < 1.29 is 4.42 Å². The van der Waals surface area contributed by atoms with E-state index >= 15 is 0 Å². The molecule has 0 aliphatic carbocycles. The van der Waals surface area contributed by atoms with Gasteiger partial charge in [0.15, 0.2) is 5.76 Å². The molecule has 2 N–H and O–H groups in total. The number of aryl methyl sites for hydroxylation is 2. The second-order valence-electron chi connectivity index (χ2n) is 5.25. The Balaban J connectivity index is 1.91. The van der Waals surface area contributed by atoms with Crippen molar-refractivity contribution in [3.63, 3.8) is 0 Å². The molecule has 3 aromatic rings. The average Bonchev–Trinajstić information content (AvgIpc) is 3.00. The van der Waals surface area contributed by atoms with Gasteiger partial charge in [0.05, 0.1) is 6.20 Å². The molecular formula is C18H18N2O. The van der Waals surface area contributed by atoms with Crippen molar-refractivity contribution in [2.45, 2.75) is 19.9 Å². The molecule has 106 valence electrons. The third-order valence-electron chi connectivity index (χ3n) is 3.74. The average molecular weight is 278 g/mol. The van der Waals surface area contributed by atoms with Gasteiger partial charge < -0.3 is 10.2 Å². The van der Waals surface area contributed by atoms with Crippen LogP contribution in [0.3, 0.4) is 0 Å². The minimum Gasteiger partial charge on any atom is -0.439 e. The van der Waals surface area contributed by atoms with Crippen molar-refractivity contribution in [3.05, 3.63) is 77.3 Å². The molecule has 0 spiro atoms. The van der Waals surface area contributed by atoms with E-state index in [9.17, 15) is 0 Å². The van der Waals surface area contributed by atoms with Gasteiger partial charge in [0.2, 0.25) is 5.89 Å². The van der Waals surface area contributed by atoms with E-state index in [1.54, 1.807) is 6.20 Å². The van der Waals surface area contributed by atoms with E-state index in [1.165, 1.54) is 11.1 Å². The first-order chi connectivity index (χ1) is 10.1. The van der Waals surface area contributed by atoms with E-state index in [0.29, 0.717) is 5.89 Å². The normalized spacial score (nSPS) is 12.3. The fourth-order valence-corrected chi connectivity index (χ4v) is 2.26. The molecule has 0 saturated heterocycles. The summed E-state index contributed by atoms with van der Waals surface area (Å²) < 4.78 is 5.84. The van der Waals surface area contributed by atoms with Crippen LogP contribution in [-0.4, -0.2) is 4.98 Å². The third-order valence-corrected chi connectivity index (χ3v) is 3.74. The Labute approximate surface area is 124 Å². The topological polar surface area (TPSA) is 52.0 Å². The van der Waals surface area contributed by atoms with Crippen LogP contribution in [0.1, 0.15) is 28.6 Å². The van der Waals surface area contributed by atoms with E-state index in [1.807, 2.05) is 36.4 Å². The van der Waals surface area contributed by atoms with Gasteiger partial charge in [0, 0.05) is 5.56 Å².